The van der Waals surface area contributed by atoms with E-state index in [0.717, 1.165) is 11.1 Å². The number of ether oxygens (including phenoxy) is 4. The van der Waals surface area contributed by atoms with E-state index in [1.807, 2.05) is 32.9 Å². The fourth-order valence-corrected chi connectivity index (χ4v) is 7.95. The summed E-state index contributed by atoms with van der Waals surface area (Å²) in [5, 5.41) is 25.2. The largest absolute Gasteiger partial charge is 0.495 e. The Balaban J connectivity index is 1.80. The van der Waals surface area contributed by atoms with Gasteiger partial charge in [-0.3, -0.25) is 14.9 Å². The summed E-state index contributed by atoms with van der Waals surface area (Å²) in [7, 11) is 5.98. The number of alkyl carbamates (subject to hydrolysis) is 1. The lowest BCUT2D eigenvalue weighted by Gasteiger charge is -2.43. The number of thiol groups is 1. The first-order chi connectivity index (χ1) is 24.6. The number of carboxylic acid groups (broad SMARTS) is 1. The van der Waals surface area contributed by atoms with Gasteiger partial charge in [0, 0.05) is 57.6 Å². The minimum Gasteiger partial charge on any atom is -0.495 e. The maximum Gasteiger partial charge on any atom is 0.409 e. The summed E-state index contributed by atoms with van der Waals surface area (Å²) in [5.41, 5.74) is -2.09. The van der Waals surface area contributed by atoms with Crippen molar-refractivity contribution in [3.8, 4) is 5.75 Å². The number of fused-ring (bicyclic) bond motifs is 5. The van der Waals surface area contributed by atoms with Crippen LogP contribution in [0.5, 0.6) is 5.75 Å². The van der Waals surface area contributed by atoms with Crippen LogP contribution in [0.1, 0.15) is 78.7 Å². The van der Waals surface area contributed by atoms with Crippen molar-refractivity contribution in [1.82, 2.24) is 10.2 Å². The lowest BCUT2D eigenvalue weighted by molar-refractivity contribution is -0.153. The number of aliphatic carboxylic acids is 1. The molecule has 53 heavy (non-hydrogen) atoms. The summed E-state index contributed by atoms with van der Waals surface area (Å²) >= 11 is 11.2. The van der Waals surface area contributed by atoms with Crippen LogP contribution in [0.15, 0.2) is 35.9 Å². The third-order valence-electron chi connectivity index (χ3n) is 11.0. The van der Waals surface area contributed by atoms with E-state index in [-0.39, 0.29) is 48.9 Å². The zero-order chi connectivity index (χ0) is 39.7. The number of carbonyl (C=O) groups excluding carboxylic acids is 3. The van der Waals surface area contributed by atoms with Crippen molar-refractivity contribution in [2.24, 2.45) is 5.92 Å². The predicted octanol–water partition coefficient (Wildman–Crippen LogP) is 5.31. The van der Waals surface area contributed by atoms with Crippen LogP contribution < -0.4 is 15.0 Å². The standard InChI is InChI=1S/C38H54ClN3O10S/c1-22-11-10-12-29(50-9)38(48)21-28(51-34(47)40-38)23(2)37(20-26(33(45)46)42(7)30(43)13-15-35(3,4)53)36(5,52-37)16-14-31(44)41(6)25-18-24(17-22)19-27(49-8)32(25)39/h10-12,18-19,23,26,28-29,48,53H,13-17,20-21H2,1-9H3,(H,40,47)(H,45,46)/b12-10+,22-11+/t23-,26+,28+,29-,36+,37+,38+/m1/s1. The van der Waals surface area contributed by atoms with E-state index in [2.05, 4.69) is 17.9 Å². The van der Waals surface area contributed by atoms with Gasteiger partial charge in [0.25, 0.3) is 0 Å². The number of nitrogens with one attached hydrogen (secondary N) is 1. The first-order valence-electron chi connectivity index (χ1n) is 17.7. The number of carbonyl (C=O) groups is 4. The highest BCUT2D eigenvalue weighted by Gasteiger charge is 2.72. The molecular formula is C38H54ClN3O10S. The number of anilines is 1. The van der Waals surface area contributed by atoms with Crippen molar-refractivity contribution in [2.75, 3.05) is 33.2 Å². The number of allylic oxidation sites excluding steroid dienone is 3. The summed E-state index contributed by atoms with van der Waals surface area (Å²) in [6, 6.07) is 2.31. The van der Waals surface area contributed by atoms with Crippen molar-refractivity contribution in [3.05, 3.63) is 46.5 Å². The molecule has 4 rings (SSSR count). The Hall–Kier alpha value is -3.30. The van der Waals surface area contributed by atoms with E-state index in [0.29, 0.717) is 24.3 Å². The molecule has 4 bridgehead atoms. The number of epoxide rings is 1. The second-order valence-electron chi connectivity index (χ2n) is 15.4. The molecule has 3 aliphatic rings. The van der Waals surface area contributed by atoms with E-state index >= 15 is 0 Å². The van der Waals surface area contributed by atoms with Gasteiger partial charge in [0.05, 0.1) is 18.4 Å². The highest BCUT2D eigenvalue weighted by molar-refractivity contribution is 7.81. The number of methoxy groups -OCH3 is 2. The number of rotatable bonds is 9. The molecule has 0 spiro atoms. The van der Waals surface area contributed by atoms with E-state index in [1.165, 1.54) is 31.1 Å². The van der Waals surface area contributed by atoms with Crippen molar-refractivity contribution >= 4 is 53.8 Å². The lowest BCUT2D eigenvalue weighted by atomic mass is 9.72. The highest BCUT2D eigenvalue weighted by Crippen LogP contribution is 2.60. The van der Waals surface area contributed by atoms with E-state index in [4.69, 9.17) is 30.5 Å². The number of likely N-dealkylation sites (N-methyl/N-ethyl adjacent to an activating group) is 1. The Morgan fingerprint density at radius 1 is 1.26 bits per heavy atom. The van der Waals surface area contributed by atoms with E-state index in [1.54, 1.807) is 39.1 Å². The van der Waals surface area contributed by atoms with Gasteiger partial charge in [0.2, 0.25) is 11.8 Å². The van der Waals surface area contributed by atoms with Gasteiger partial charge < -0.3 is 39.0 Å². The Morgan fingerprint density at radius 2 is 1.94 bits per heavy atom. The number of hydrogen-bond donors (Lipinski definition) is 4. The average molecular weight is 780 g/mol. The Kier molecular flexibility index (Phi) is 13.0. The van der Waals surface area contributed by atoms with Gasteiger partial charge in [0.15, 0.2) is 5.72 Å². The van der Waals surface area contributed by atoms with Crippen LogP contribution in [0.3, 0.4) is 0 Å². The van der Waals surface area contributed by atoms with E-state index < -0.39 is 57.9 Å². The van der Waals surface area contributed by atoms with Crippen molar-refractivity contribution in [2.45, 2.75) is 119 Å². The molecule has 3 heterocycles. The SMILES string of the molecule is COc1cc2cc(c1Cl)N(C)C(=O)CC[C@]1(C)O[C@@]1(C[C@@H](C(=O)O)N(C)C(=O)CCC(C)(C)S)[C@H](C)[C@@H]1C[C@@](O)(NC(=O)O1)[C@H](OC)/C=C/C=C(\C)C2. The number of amides is 3. The second kappa shape index (κ2) is 16.2. The van der Waals surface area contributed by atoms with Crippen molar-refractivity contribution in [1.29, 1.82) is 0 Å². The predicted molar refractivity (Wildman–Crippen MR) is 204 cm³/mol. The summed E-state index contributed by atoms with van der Waals surface area (Å²) in [6.07, 6.45) is 3.14. The van der Waals surface area contributed by atoms with Gasteiger partial charge in [-0.05, 0) is 50.8 Å². The van der Waals surface area contributed by atoms with Crippen LogP contribution in [0.25, 0.3) is 0 Å². The smallest absolute Gasteiger partial charge is 0.409 e. The third-order valence-corrected chi connectivity index (χ3v) is 11.6. The third kappa shape index (κ3) is 9.33. The van der Waals surface area contributed by atoms with Crippen molar-refractivity contribution in [3.63, 3.8) is 0 Å². The molecule has 2 saturated heterocycles. The Labute approximate surface area is 322 Å². The van der Waals surface area contributed by atoms with E-state index in [9.17, 15) is 29.4 Å². The molecule has 3 amide bonds. The minimum absolute atomic E-state index is 0.0155. The zero-order valence-corrected chi connectivity index (χ0v) is 33.7. The summed E-state index contributed by atoms with van der Waals surface area (Å²) in [5.74, 6) is -2.22. The average Bonchev–Trinajstić information content (AvgIpc) is 3.69. The lowest BCUT2D eigenvalue weighted by Crippen LogP contribution is -2.64. The number of hydrogen-bond acceptors (Lipinski definition) is 10. The molecule has 294 valence electrons. The normalized spacial score (nSPS) is 31.6. The first kappa shape index (κ1) is 42.4. The molecule has 7 atom stereocenters. The molecule has 1 aromatic rings. The van der Waals surface area contributed by atoms with Gasteiger partial charge in [-0.15, -0.1) is 0 Å². The molecule has 2 fully saturated rings. The maximum atomic E-state index is 13.8. The number of benzene rings is 1. The molecule has 0 aliphatic carbocycles. The molecule has 15 heteroatoms. The van der Waals surface area contributed by atoms with Gasteiger partial charge >= 0.3 is 12.1 Å². The van der Waals surface area contributed by atoms with Gasteiger partial charge in [-0.25, -0.2) is 9.59 Å². The molecule has 0 unspecified atom stereocenters. The first-order valence-corrected chi connectivity index (χ1v) is 18.5. The summed E-state index contributed by atoms with van der Waals surface area (Å²) < 4.78 is 23.1. The molecule has 3 N–H and O–H groups in total. The van der Waals surface area contributed by atoms with Gasteiger partial charge in [-0.2, -0.15) is 12.6 Å². The Morgan fingerprint density at radius 3 is 2.55 bits per heavy atom. The Bertz CT molecular complexity index is 1650. The van der Waals surface area contributed by atoms with Crippen LogP contribution >= 0.6 is 24.2 Å². The van der Waals surface area contributed by atoms with Crippen LogP contribution in [-0.2, 0) is 35.0 Å². The zero-order valence-electron chi connectivity index (χ0n) is 32.0. The molecule has 0 aromatic heterocycles. The minimum atomic E-state index is -1.91. The molecule has 3 aliphatic heterocycles. The number of halogens is 1. The molecule has 0 saturated carbocycles. The van der Waals surface area contributed by atoms with Crippen LogP contribution in [0, 0.1) is 5.92 Å². The fraction of sp³-hybridized carbons (Fsp3) is 0.632. The number of nitrogens with zero attached hydrogens (tertiary/aromatic N) is 2. The quantitative estimate of drug-likeness (QED) is 0.191. The maximum absolute atomic E-state index is 13.8. The summed E-state index contributed by atoms with van der Waals surface area (Å²) in [6.45, 7) is 9.21. The molecule has 13 nitrogen and oxygen atoms in total. The highest BCUT2D eigenvalue weighted by atomic mass is 35.5. The fourth-order valence-electron chi connectivity index (χ4n) is 7.52. The number of aliphatic hydroxyl groups is 1. The van der Waals surface area contributed by atoms with Gasteiger partial charge in [0.1, 0.15) is 34.6 Å². The number of carboxylic acids is 1. The topological polar surface area (TPSA) is 167 Å². The van der Waals surface area contributed by atoms with Crippen LogP contribution in [0.2, 0.25) is 5.02 Å². The molecular weight excluding hydrogens is 726 g/mol. The van der Waals surface area contributed by atoms with Gasteiger partial charge in [-0.1, -0.05) is 56.2 Å². The van der Waals surface area contributed by atoms with Crippen molar-refractivity contribution < 1.29 is 48.3 Å². The second-order valence-corrected chi connectivity index (χ2v) is 17.0. The van der Waals surface area contributed by atoms with Crippen LogP contribution in [-0.4, -0.2) is 107 Å². The molecule has 0 radical (unpaired) electrons. The molecule has 1 aromatic carbocycles. The monoisotopic (exact) mass is 779 g/mol. The summed E-state index contributed by atoms with van der Waals surface area (Å²) in [4.78, 5) is 55.8. The van der Waals surface area contributed by atoms with Crippen LogP contribution in [0.4, 0.5) is 10.5 Å².